The molecular weight excluding hydrogens is 411 g/mol. The summed E-state index contributed by atoms with van der Waals surface area (Å²) in [5, 5.41) is 2.82. The molecule has 5 nitrogen and oxygen atoms in total. The van der Waals surface area contributed by atoms with E-state index in [1.165, 1.54) is 35.4 Å². The van der Waals surface area contributed by atoms with Crippen molar-refractivity contribution in [3.05, 3.63) is 65.5 Å². The van der Waals surface area contributed by atoms with E-state index in [0.717, 1.165) is 16.3 Å². The van der Waals surface area contributed by atoms with Gasteiger partial charge in [-0.25, -0.2) is 12.8 Å². The lowest BCUT2D eigenvalue weighted by Crippen LogP contribution is -2.49. The van der Waals surface area contributed by atoms with Gasteiger partial charge in [0.25, 0.3) is 0 Å². The van der Waals surface area contributed by atoms with Gasteiger partial charge in [0, 0.05) is 18.1 Å². The number of aryl methyl sites for hydroxylation is 1. The fourth-order valence-corrected chi connectivity index (χ4v) is 4.92. The minimum absolute atomic E-state index is 0.268. The number of amides is 1. The van der Waals surface area contributed by atoms with E-state index in [-0.39, 0.29) is 11.6 Å². The van der Waals surface area contributed by atoms with E-state index in [1.54, 1.807) is 18.7 Å². The molecule has 0 heterocycles. The Kier molecular flexibility index (Phi) is 8.52. The molecule has 0 saturated carbocycles. The number of thioether (sulfide) groups is 1. The summed E-state index contributed by atoms with van der Waals surface area (Å²) in [6, 6.07) is 12.5. The Labute approximate surface area is 176 Å². The van der Waals surface area contributed by atoms with Crippen molar-refractivity contribution in [2.45, 2.75) is 32.1 Å². The lowest BCUT2D eigenvalue weighted by molar-refractivity contribution is -0.122. The maximum Gasteiger partial charge on any atom is 0.243 e. The Hall–Kier alpha value is -2.06. The molecule has 0 radical (unpaired) electrons. The maximum atomic E-state index is 13.2. The van der Waals surface area contributed by atoms with E-state index in [9.17, 15) is 17.6 Å². The molecule has 0 fully saturated rings. The molecule has 0 aliphatic heterocycles. The largest absolute Gasteiger partial charge is 0.353 e. The smallest absolute Gasteiger partial charge is 0.243 e. The van der Waals surface area contributed by atoms with Crippen LogP contribution < -0.4 is 9.62 Å². The number of nitrogens with zero attached hydrogens (tertiary/aromatic N) is 1. The van der Waals surface area contributed by atoms with Crippen LogP contribution in [-0.2, 0) is 20.6 Å². The van der Waals surface area contributed by atoms with Gasteiger partial charge < -0.3 is 5.32 Å². The average Bonchev–Trinajstić information content (AvgIpc) is 2.67. The maximum absolute atomic E-state index is 13.2. The molecule has 158 valence electrons. The van der Waals surface area contributed by atoms with Crippen molar-refractivity contribution in [3.8, 4) is 0 Å². The Morgan fingerprint density at radius 1 is 1.14 bits per heavy atom. The molecule has 0 unspecified atom stereocenters. The summed E-state index contributed by atoms with van der Waals surface area (Å²) in [6.45, 7) is 4.23. The number of anilines is 1. The summed E-state index contributed by atoms with van der Waals surface area (Å²) in [6.07, 6.45) is 1.34. The number of nitrogens with one attached hydrogen (secondary N) is 1. The van der Waals surface area contributed by atoms with Crippen LogP contribution in [0.15, 0.2) is 48.5 Å². The van der Waals surface area contributed by atoms with Crippen LogP contribution in [0.2, 0.25) is 0 Å². The van der Waals surface area contributed by atoms with Crippen LogP contribution in [0.25, 0.3) is 0 Å². The molecule has 0 aromatic heterocycles. The molecule has 0 spiro atoms. The number of sulfonamides is 1. The summed E-state index contributed by atoms with van der Waals surface area (Å²) in [7, 11) is -3.72. The van der Waals surface area contributed by atoms with Gasteiger partial charge in [0.05, 0.1) is 11.9 Å². The van der Waals surface area contributed by atoms with Crippen LogP contribution in [0.5, 0.6) is 0 Å². The first-order valence-corrected chi connectivity index (χ1v) is 12.4. The van der Waals surface area contributed by atoms with Crippen molar-refractivity contribution in [3.63, 3.8) is 0 Å². The molecule has 0 aliphatic carbocycles. The molecule has 2 aromatic carbocycles. The van der Waals surface area contributed by atoms with Crippen LogP contribution in [-0.4, -0.2) is 38.9 Å². The Morgan fingerprint density at radius 2 is 1.76 bits per heavy atom. The number of benzene rings is 2. The van der Waals surface area contributed by atoms with Crippen molar-refractivity contribution in [1.29, 1.82) is 0 Å². The minimum Gasteiger partial charge on any atom is -0.353 e. The van der Waals surface area contributed by atoms with E-state index < -0.39 is 21.9 Å². The van der Waals surface area contributed by atoms with Gasteiger partial charge in [-0.1, -0.05) is 36.8 Å². The van der Waals surface area contributed by atoms with Gasteiger partial charge in [-0.15, -0.1) is 0 Å². The van der Waals surface area contributed by atoms with Crippen LogP contribution >= 0.6 is 11.8 Å². The van der Waals surface area contributed by atoms with Gasteiger partial charge >= 0.3 is 0 Å². The third-order valence-electron chi connectivity index (χ3n) is 4.35. The molecule has 1 amide bonds. The SMILES string of the molecule is CC[C@@H](C(=O)NCCSCc1ccc(C)cc1)N(c1ccc(F)cc1)S(C)(=O)=O. The third kappa shape index (κ3) is 7.04. The number of hydrogen-bond acceptors (Lipinski definition) is 4. The lowest BCUT2D eigenvalue weighted by Gasteiger charge is -2.30. The zero-order chi connectivity index (χ0) is 21.4. The van der Waals surface area contributed by atoms with Gasteiger partial charge in [0.2, 0.25) is 15.9 Å². The Bertz CT molecular complexity index is 901. The predicted molar refractivity (Wildman–Crippen MR) is 118 cm³/mol. The van der Waals surface area contributed by atoms with Gasteiger partial charge in [0.15, 0.2) is 0 Å². The summed E-state index contributed by atoms with van der Waals surface area (Å²) in [4.78, 5) is 12.7. The highest BCUT2D eigenvalue weighted by Crippen LogP contribution is 2.23. The molecule has 0 aliphatic rings. The standard InChI is InChI=1S/C21H27FN2O3S2/c1-4-20(24(29(3,26)27)19-11-9-18(22)10-12-19)21(25)23-13-14-28-15-17-7-5-16(2)6-8-17/h5-12,20H,4,13-15H2,1-3H3,(H,23,25)/t20-/m0/s1. The zero-order valence-corrected chi connectivity index (χ0v) is 18.5. The van der Waals surface area contributed by atoms with Crippen molar-refractivity contribution >= 4 is 33.4 Å². The molecule has 1 atom stereocenters. The quantitative estimate of drug-likeness (QED) is 0.574. The van der Waals surface area contributed by atoms with Crippen molar-refractivity contribution in [2.24, 2.45) is 0 Å². The predicted octanol–water partition coefficient (Wildman–Crippen LogP) is 3.73. The van der Waals surface area contributed by atoms with E-state index in [1.807, 2.05) is 6.92 Å². The Balaban J connectivity index is 1.94. The summed E-state index contributed by atoms with van der Waals surface area (Å²) < 4.78 is 38.9. The number of carbonyl (C=O) groups is 1. The highest BCUT2D eigenvalue weighted by atomic mass is 32.2. The topological polar surface area (TPSA) is 66.5 Å². The summed E-state index contributed by atoms with van der Waals surface area (Å²) >= 11 is 1.70. The first-order valence-electron chi connectivity index (χ1n) is 9.38. The second-order valence-corrected chi connectivity index (χ2v) is 9.75. The van der Waals surface area contributed by atoms with Crippen LogP contribution in [0, 0.1) is 12.7 Å². The fraction of sp³-hybridized carbons (Fsp3) is 0.381. The first kappa shape index (κ1) is 23.2. The summed E-state index contributed by atoms with van der Waals surface area (Å²) in [5.41, 5.74) is 2.70. The molecule has 2 rings (SSSR count). The van der Waals surface area contributed by atoms with Crippen LogP contribution in [0.3, 0.4) is 0 Å². The van der Waals surface area contributed by atoms with Crippen LogP contribution in [0.4, 0.5) is 10.1 Å². The van der Waals surface area contributed by atoms with Crippen molar-refractivity contribution in [2.75, 3.05) is 22.9 Å². The van der Waals surface area contributed by atoms with E-state index in [4.69, 9.17) is 0 Å². The molecule has 2 aromatic rings. The van der Waals surface area contributed by atoms with E-state index >= 15 is 0 Å². The number of halogens is 1. The van der Waals surface area contributed by atoms with Crippen LogP contribution in [0.1, 0.15) is 24.5 Å². The molecule has 0 bridgehead atoms. The monoisotopic (exact) mass is 438 g/mol. The van der Waals surface area contributed by atoms with Gasteiger partial charge in [-0.05, 0) is 43.2 Å². The molecule has 1 N–H and O–H groups in total. The zero-order valence-electron chi connectivity index (χ0n) is 16.9. The normalized spacial score (nSPS) is 12.4. The van der Waals surface area contributed by atoms with Gasteiger partial charge in [-0.2, -0.15) is 11.8 Å². The van der Waals surface area contributed by atoms with E-state index in [2.05, 4.69) is 29.6 Å². The number of carbonyl (C=O) groups excluding carboxylic acids is 1. The molecule has 0 saturated heterocycles. The second-order valence-electron chi connectivity index (χ2n) is 6.79. The highest BCUT2D eigenvalue weighted by Gasteiger charge is 2.31. The fourth-order valence-electron chi connectivity index (χ4n) is 2.89. The third-order valence-corrected chi connectivity index (χ3v) is 6.56. The Morgan fingerprint density at radius 3 is 2.31 bits per heavy atom. The highest BCUT2D eigenvalue weighted by molar-refractivity contribution is 7.98. The van der Waals surface area contributed by atoms with Gasteiger partial charge in [-0.3, -0.25) is 9.10 Å². The van der Waals surface area contributed by atoms with E-state index in [0.29, 0.717) is 18.7 Å². The minimum atomic E-state index is -3.72. The number of rotatable bonds is 10. The van der Waals surface area contributed by atoms with Crippen molar-refractivity contribution in [1.82, 2.24) is 5.32 Å². The van der Waals surface area contributed by atoms with Gasteiger partial charge in [0.1, 0.15) is 11.9 Å². The molecular formula is C21H27FN2O3S2. The number of hydrogen-bond donors (Lipinski definition) is 1. The summed E-state index contributed by atoms with van der Waals surface area (Å²) in [5.74, 6) is 0.729. The average molecular weight is 439 g/mol. The van der Waals surface area contributed by atoms with Crippen molar-refractivity contribution < 1.29 is 17.6 Å². The second kappa shape index (κ2) is 10.6. The first-order chi connectivity index (χ1) is 13.7. The molecule has 29 heavy (non-hydrogen) atoms. The molecule has 8 heteroatoms. The lowest BCUT2D eigenvalue weighted by atomic mass is 10.2.